The summed E-state index contributed by atoms with van der Waals surface area (Å²) in [5, 5.41) is 18.6. The van der Waals surface area contributed by atoms with Gasteiger partial charge in [0.2, 0.25) is 5.91 Å². The van der Waals surface area contributed by atoms with E-state index in [1.54, 1.807) is 0 Å². The van der Waals surface area contributed by atoms with Crippen molar-refractivity contribution in [2.75, 3.05) is 0 Å². The third-order valence-corrected chi connectivity index (χ3v) is 6.03. The molecule has 8 nitrogen and oxygen atoms in total. The molecule has 182 valence electrons. The first-order valence-electron chi connectivity index (χ1n) is 11.6. The largest absolute Gasteiger partial charge is 0.354 e. The third kappa shape index (κ3) is 7.97. The number of hydrogen-bond donors (Lipinski definition) is 3. The van der Waals surface area contributed by atoms with Crippen molar-refractivity contribution in [3.05, 3.63) is 47.5 Å². The van der Waals surface area contributed by atoms with Crippen LogP contribution >= 0.6 is 24.0 Å². The molecule has 0 aliphatic heterocycles. The average Bonchev–Trinajstić information content (AvgIpc) is 3.10. The van der Waals surface area contributed by atoms with Crippen LogP contribution in [0.4, 0.5) is 0 Å². The van der Waals surface area contributed by atoms with Gasteiger partial charge >= 0.3 is 0 Å². The van der Waals surface area contributed by atoms with Crippen molar-refractivity contribution in [1.82, 2.24) is 30.7 Å². The summed E-state index contributed by atoms with van der Waals surface area (Å²) in [5.41, 5.74) is 1.19. The van der Waals surface area contributed by atoms with Gasteiger partial charge in [-0.1, -0.05) is 36.8 Å². The Kier molecular flexibility index (Phi) is 10.6. The molecule has 0 radical (unpaired) electrons. The van der Waals surface area contributed by atoms with Crippen LogP contribution in [0.5, 0.6) is 0 Å². The summed E-state index contributed by atoms with van der Waals surface area (Å²) >= 11 is 0. The lowest BCUT2D eigenvalue weighted by Crippen LogP contribution is -2.48. The lowest BCUT2D eigenvalue weighted by atomic mass is 9.85. The standard InChI is InChI=1S/C24H37N7O.HI/c1-16(2)26-23(32)20-12-9-13-21(14-20)28-24(25-15-22-30-29-18(4)31(22)5)27-17(3)19-10-7-6-8-11-19;/h6-8,10-11,16-17,20-21H,9,12-15H2,1-5H3,(H,26,32)(H2,25,27,28);1H. The first-order valence-corrected chi connectivity index (χ1v) is 11.6. The Bertz CT molecular complexity index is 913. The van der Waals surface area contributed by atoms with Gasteiger partial charge in [-0.25, -0.2) is 4.99 Å². The van der Waals surface area contributed by atoms with Crippen LogP contribution < -0.4 is 16.0 Å². The normalized spacial score (nSPS) is 19.5. The van der Waals surface area contributed by atoms with Gasteiger partial charge in [-0.2, -0.15) is 0 Å². The number of aromatic nitrogens is 3. The molecule has 33 heavy (non-hydrogen) atoms. The number of hydrogen-bond acceptors (Lipinski definition) is 4. The van der Waals surface area contributed by atoms with E-state index in [1.165, 1.54) is 5.56 Å². The van der Waals surface area contributed by atoms with E-state index in [2.05, 4.69) is 45.2 Å². The Labute approximate surface area is 214 Å². The molecule has 1 amide bonds. The van der Waals surface area contributed by atoms with E-state index in [1.807, 2.05) is 50.6 Å². The Balaban J connectivity index is 0.00000385. The number of benzene rings is 1. The van der Waals surface area contributed by atoms with Gasteiger partial charge in [0.05, 0.1) is 6.04 Å². The van der Waals surface area contributed by atoms with Gasteiger partial charge in [-0.15, -0.1) is 34.2 Å². The SMILES string of the molecule is Cc1nnc(CN=C(NC2CCCC(C(=O)NC(C)C)C2)NC(C)c2ccccc2)n1C.I. The Morgan fingerprint density at radius 1 is 1.15 bits per heavy atom. The third-order valence-electron chi connectivity index (χ3n) is 6.03. The molecular weight excluding hydrogens is 529 g/mol. The van der Waals surface area contributed by atoms with Crippen LogP contribution in [0.15, 0.2) is 35.3 Å². The summed E-state index contributed by atoms with van der Waals surface area (Å²) in [6.45, 7) is 8.49. The highest BCUT2D eigenvalue weighted by Crippen LogP contribution is 2.25. The number of guanidine groups is 1. The summed E-state index contributed by atoms with van der Waals surface area (Å²) in [4.78, 5) is 17.4. The average molecular weight is 568 g/mol. The number of carbonyl (C=O) groups excluding carboxylic acids is 1. The van der Waals surface area contributed by atoms with Crippen LogP contribution in [-0.4, -0.2) is 38.7 Å². The van der Waals surface area contributed by atoms with Crippen molar-refractivity contribution in [3.63, 3.8) is 0 Å². The van der Waals surface area contributed by atoms with Gasteiger partial charge < -0.3 is 20.5 Å². The first-order chi connectivity index (χ1) is 15.3. The minimum absolute atomic E-state index is 0. The van der Waals surface area contributed by atoms with Crippen molar-refractivity contribution in [3.8, 4) is 0 Å². The van der Waals surface area contributed by atoms with Crippen LogP contribution in [0.3, 0.4) is 0 Å². The van der Waals surface area contributed by atoms with E-state index in [0.29, 0.717) is 6.54 Å². The van der Waals surface area contributed by atoms with Crippen molar-refractivity contribution < 1.29 is 4.79 Å². The predicted octanol–water partition coefficient (Wildman–Crippen LogP) is 3.62. The Hall–Kier alpha value is -2.17. The van der Waals surface area contributed by atoms with E-state index in [4.69, 9.17) is 4.99 Å². The molecule has 1 aliphatic carbocycles. The minimum atomic E-state index is 0. The zero-order valence-electron chi connectivity index (χ0n) is 20.3. The molecule has 0 bridgehead atoms. The summed E-state index contributed by atoms with van der Waals surface area (Å²) in [6.07, 6.45) is 3.80. The molecule has 1 aromatic carbocycles. The molecule has 3 rings (SSSR count). The lowest BCUT2D eigenvalue weighted by molar-refractivity contribution is -0.126. The number of halogens is 1. The highest BCUT2D eigenvalue weighted by Gasteiger charge is 2.28. The second kappa shape index (κ2) is 12.9. The highest BCUT2D eigenvalue weighted by molar-refractivity contribution is 14.0. The van der Waals surface area contributed by atoms with Gasteiger partial charge in [0, 0.05) is 25.0 Å². The fraction of sp³-hybridized carbons (Fsp3) is 0.583. The number of aliphatic imine (C=N–C) groups is 1. The molecule has 0 saturated heterocycles. The maximum Gasteiger partial charge on any atom is 0.223 e. The summed E-state index contributed by atoms with van der Waals surface area (Å²) in [5.74, 6) is 2.61. The van der Waals surface area contributed by atoms with Crippen LogP contribution in [0.25, 0.3) is 0 Å². The molecule has 1 aromatic heterocycles. The van der Waals surface area contributed by atoms with Crippen LogP contribution in [-0.2, 0) is 18.4 Å². The quantitative estimate of drug-likeness (QED) is 0.270. The number of aryl methyl sites for hydroxylation is 1. The lowest BCUT2D eigenvalue weighted by Gasteiger charge is -2.31. The zero-order valence-corrected chi connectivity index (χ0v) is 22.7. The topological polar surface area (TPSA) is 96.2 Å². The fourth-order valence-corrected chi connectivity index (χ4v) is 4.06. The first kappa shape index (κ1) is 27.1. The van der Waals surface area contributed by atoms with Crippen molar-refractivity contribution >= 4 is 35.8 Å². The number of nitrogens with one attached hydrogen (secondary N) is 3. The number of nitrogens with zero attached hydrogens (tertiary/aromatic N) is 4. The molecule has 1 saturated carbocycles. The maximum absolute atomic E-state index is 12.6. The molecule has 3 N–H and O–H groups in total. The number of carbonyl (C=O) groups is 1. The molecule has 3 atom stereocenters. The van der Waals surface area contributed by atoms with Crippen LogP contribution in [0, 0.1) is 12.8 Å². The van der Waals surface area contributed by atoms with Gasteiger partial charge in [0.25, 0.3) is 0 Å². The van der Waals surface area contributed by atoms with Gasteiger partial charge in [-0.05, 0) is 52.5 Å². The summed E-state index contributed by atoms with van der Waals surface area (Å²) < 4.78 is 1.95. The smallest absolute Gasteiger partial charge is 0.223 e. The zero-order chi connectivity index (χ0) is 23.1. The van der Waals surface area contributed by atoms with Crippen LogP contribution in [0.1, 0.15) is 69.7 Å². The molecular formula is C24H38IN7O. The van der Waals surface area contributed by atoms with Gasteiger partial charge in [0.1, 0.15) is 12.4 Å². The van der Waals surface area contributed by atoms with Crippen molar-refractivity contribution in [2.45, 2.75) is 78.0 Å². The second-order valence-electron chi connectivity index (χ2n) is 9.03. The van der Waals surface area contributed by atoms with Gasteiger partial charge in [0.15, 0.2) is 11.8 Å². The van der Waals surface area contributed by atoms with Crippen molar-refractivity contribution in [1.29, 1.82) is 0 Å². The summed E-state index contributed by atoms with van der Waals surface area (Å²) in [6, 6.07) is 10.8. The second-order valence-corrected chi connectivity index (χ2v) is 9.03. The van der Waals surface area contributed by atoms with E-state index < -0.39 is 0 Å². The van der Waals surface area contributed by atoms with Crippen LogP contribution in [0.2, 0.25) is 0 Å². The molecule has 3 unspecified atom stereocenters. The molecule has 1 aliphatic rings. The van der Waals surface area contributed by atoms with E-state index in [9.17, 15) is 4.79 Å². The number of amides is 1. The molecule has 1 fully saturated rings. The molecule has 1 heterocycles. The minimum Gasteiger partial charge on any atom is -0.354 e. The molecule has 0 spiro atoms. The summed E-state index contributed by atoms with van der Waals surface area (Å²) in [7, 11) is 1.95. The monoisotopic (exact) mass is 567 g/mol. The van der Waals surface area contributed by atoms with E-state index in [0.717, 1.165) is 43.3 Å². The Morgan fingerprint density at radius 3 is 2.52 bits per heavy atom. The predicted molar refractivity (Wildman–Crippen MR) is 142 cm³/mol. The number of rotatable bonds is 7. The maximum atomic E-state index is 12.6. The van der Waals surface area contributed by atoms with Gasteiger partial charge in [-0.3, -0.25) is 4.79 Å². The highest BCUT2D eigenvalue weighted by atomic mass is 127. The van der Waals surface area contributed by atoms with E-state index >= 15 is 0 Å². The van der Waals surface area contributed by atoms with E-state index in [-0.39, 0.29) is 53.9 Å². The van der Waals surface area contributed by atoms with Crippen molar-refractivity contribution in [2.24, 2.45) is 18.0 Å². The Morgan fingerprint density at radius 2 is 1.88 bits per heavy atom. The molecule has 9 heteroatoms. The fourth-order valence-electron chi connectivity index (χ4n) is 4.06. The molecule has 2 aromatic rings.